The van der Waals surface area contributed by atoms with Crippen LogP contribution in [0.3, 0.4) is 0 Å². The van der Waals surface area contributed by atoms with Crippen LogP contribution in [0.4, 0.5) is 11.4 Å². The molecule has 1 N–H and O–H groups in total. The van der Waals surface area contributed by atoms with Gasteiger partial charge in [-0.05, 0) is 36.2 Å². The zero-order valence-electron chi connectivity index (χ0n) is 19.3. The lowest BCUT2D eigenvalue weighted by atomic mass is 10.1. The first kappa shape index (κ1) is 22.9. The van der Waals surface area contributed by atoms with Crippen LogP contribution in [0.5, 0.6) is 5.75 Å². The number of hydrogen-bond donors (Lipinski definition) is 1. The van der Waals surface area contributed by atoms with Gasteiger partial charge in [0.25, 0.3) is 5.91 Å². The van der Waals surface area contributed by atoms with Crippen molar-refractivity contribution in [3.8, 4) is 5.75 Å². The second kappa shape index (κ2) is 9.76. The molecule has 2 heterocycles. The molecule has 2 atom stereocenters. The molecule has 2 aliphatic heterocycles. The number of aliphatic imine (C=N–C) groups is 2. The van der Waals surface area contributed by atoms with Crippen LogP contribution in [0.25, 0.3) is 0 Å². The molecule has 0 saturated carbocycles. The van der Waals surface area contributed by atoms with Gasteiger partial charge in [0.05, 0.1) is 18.0 Å². The van der Waals surface area contributed by atoms with Gasteiger partial charge >= 0.3 is 0 Å². The maximum Gasteiger partial charge on any atom is 0.263 e. The smallest absolute Gasteiger partial charge is 0.263 e. The Morgan fingerprint density at radius 2 is 1.86 bits per heavy atom. The highest BCUT2D eigenvalue weighted by Crippen LogP contribution is 2.38. The number of fused-ring (bicyclic) bond motifs is 3. The monoisotopic (exact) mass is 484 g/mol. The molecule has 0 spiro atoms. The van der Waals surface area contributed by atoms with Crippen LogP contribution in [-0.2, 0) is 9.59 Å². The van der Waals surface area contributed by atoms with Gasteiger partial charge in [-0.25, -0.2) is 14.9 Å². The summed E-state index contributed by atoms with van der Waals surface area (Å²) in [6, 6.07) is 23.7. The first-order valence-electron chi connectivity index (χ1n) is 11.4. The van der Waals surface area contributed by atoms with Crippen molar-refractivity contribution in [1.82, 2.24) is 4.90 Å². The fourth-order valence-electron chi connectivity index (χ4n) is 4.05. The normalized spacial score (nSPS) is 17.1. The topological polar surface area (TPSA) is 83.4 Å². The van der Waals surface area contributed by atoms with E-state index in [0.29, 0.717) is 28.9 Å². The van der Waals surface area contributed by atoms with E-state index in [1.54, 1.807) is 18.1 Å². The van der Waals surface area contributed by atoms with Crippen molar-refractivity contribution in [3.05, 3.63) is 90.0 Å². The van der Waals surface area contributed by atoms with Gasteiger partial charge in [0.1, 0.15) is 11.6 Å². The van der Waals surface area contributed by atoms with Crippen molar-refractivity contribution in [3.63, 3.8) is 0 Å². The Balaban J connectivity index is 1.45. The van der Waals surface area contributed by atoms with Crippen LogP contribution < -0.4 is 10.1 Å². The third kappa shape index (κ3) is 4.44. The first-order valence-corrected chi connectivity index (χ1v) is 12.2. The third-order valence-electron chi connectivity index (χ3n) is 5.83. The van der Waals surface area contributed by atoms with E-state index in [2.05, 4.69) is 5.32 Å². The number of rotatable bonds is 6. The zero-order valence-corrected chi connectivity index (χ0v) is 20.2. The number of nitrogens with one attached hydrogen (secondary N) is 1. The van der Waals surface area contributed by atoms with Gasteiger partial charge in [-0.3, -0.25) is 9.59 Å². The summed E-state index contributed by atoms with van der Waals surface area (Å²) in [5, 5.41) is 2.95. The molecule has 3 aromatic rings. The molecule has 0 fully saturated rings. The van der Waals surface area contributed by atoms with Crippen molar-refractivity contribution in [2.24, 2.45) is 9.98 Å². The molecule has 176 valence electrons. The molecule has 3 aromatic carbocycles. The lowest BCUT2D eigenvalue weighted by molar-refractivity contribution is -0.124. The molecule has 2 aliphatic rings. The second-order valence-electron chi connectivity index (χ2n) is 8.09. The number of ether oxygens (including phenoxy) is 1. The van der Waals surface area contributed by atoms with Crippen LogP contribution in [0.2, 0.25) is 0 Å². The average Bonchev–Trinajstić information content (AvgIpc) is 3.25. The number of benzene rings is 3. The summed E-state index contributed by atoms with van der Waals surface area (Å²) in [4.78, 5) is 37.9. The number of carbonyl (C=O) groups excluding carboxylic acids is 2. The lowest BCUT2D eigenvalue weighted by Gasteiger charge is -2.27. The van der Waals surface area contributed by atoms with Crippen molar-refractivity contribution in [2.45, 2.75) is 24.6 Å². The van der Waals surface area contributed by atoms with Crippen LogP contribution >= 0.6 is 11.8 Å². The number of nitrogens with zero attached hydrogens (tertiary/aromatic N) is 3. The Labute approximate surface area is 207 Å². The fraction of sp³-hybridized carbons (Fsp3) is 0.185. The van der Waals surface area contributed by atoms with Gasteiger partial charge in [-0.1, -0.05) is 67.2 Å². The Morgan fingerprint density at radius 3 is 2.63 bits per heavy atom. The zero-order chi connectivity index (χ0) is 24.4. The summed E-state index contributed by atoms with van der Waals surface area (Å²) in [5.74, 6) is 0.888. The second-order valence-corrected chi connectivity index (χ2v) is 9.26. The van der Waals surface area contributed by atoms with E-state index in [0.717, 1.165) is 16.8 Å². The van der Waals surface area contributed by atoms with E-state index in [4.69, 9.17) is 14.7 Å². The summed E-state index contributed by atoms with van der Waals surface area (Å²) < 4.78 is 5.25. The third-order valence-corrected chi connectivity index (χ3v) is 7.15. The molecule has 0 aliphatic carbocycles. The molecule has 0 saturated heterocycles. The molecule has 8 heteroatoms. The highest BCUT2D eigenvalue weighted by molar-refractivity contribution is 8.15. The van der Waals surface area contributed by atoms with Crippen LogP contribution in [0, 0.1) is 0 Å². The molecule has 7 nitrogen and oxygen atoms in total. The van der Waals surface area contributed by atoms with Crippen LogP contribution in [0.15, 0.2) is 88.8 Å². The number of hydrogen-bond acceptors (Lipinski definition) is 6. The summed E-state index contributed by atoms with van der Waals surface area (Å²) >= 11 is 1.27. The van der Waals surface area contributed by atoms with Gasteiger partial charge < -0.3 is 10.1 Å². The number of carbonyl (C=O) groups is 2. The highest BCUT2D eigenvalue weighted by atomic mass is 32.2. The van der Waals surface area contributed by atoms with E-state index in [1.807, 2.05) is 79.7 Å². The summed E-state index contributed by atoms with van der Waals surface area (Å²) in [5.41, 5.74) is 3.00. The van der Waals surface area contributed by atoms with Gasteiger partial charge in [-0.2, -0.15) is 0 Å². The van der Waals surface area contributed by atoms with Gasteiger partial charge in [0.15, 0.2) is 11.2 Å². The van der Waals surface area contributed by atoms with Crippen LogP contribution in [-0.4, -0.2) is 40.1 Å². The van der Waals surface area contributed by atoms with E-state index in [-0.39, 0.29) is 11.8 Å². The number of amidine groups is 2. The van der Waals surface area contributed by atoms with E-state index in [9.17, 15) is 9.59 Å². The van der Waals surface area contributed by atoms with E-state index in [1.165, 1.54) is 11.8 Å². The summed E-state index contributed by atoms with van der Waals surface area (Å²) in [7, 11) is 1.58. The van der Waals surface area contributed by atoms with Crippen molar-refractivity contribution in [1.29, 1.82) is 0 Å². The molecule has 2 amide bonds. The molecular weight excluding hydrogens is 460 g/mol. The molecule has 5 rings (SSSR count). The maximum atomic E-state index is 13.6. The van der Waals surface area contributed by atoms with Gasteiger partial charge in [-0.15, -0.1) is 0 Å². The molecule has 0 radical (unpaired) electrons. The predicted octanol–water partition coefficient (Wildman–Crippen LogP) is 5.18. The highest BCUT2D eigenvalue weighted by Gasteiger charge is 2.43. The first-order chi connectivity index (χ1) is 17.1. The Hall–Kier alpha value is -3.91. The number of methoxy groups -OCH3 is 1. The minimum absolute atomic E-state index is 0.169. The summed E-state index contributed by atoms with van der Waals surface area (Å²) in [6.45, 7) is 1.94. The van der Waals surface area contributed by atoms with Gasteiger partial charge in [0.2, 0.25) is 5.91 Å². The Kier molecular flexibility index (Phi) is 6.37. The fourth-order valence-corrected chi connectivity index (χ4v) is 5.07. The maximum absolute atomic E-state index is 13.6. The quantitative estimate of drug-likeness (QED) is 0.523. The molecule has 35 heavy (non-hydrogen) atoms. The van der Waals surface area contributed by atoms with Crippen molar-refractivity contribution < 1.29 is 14.3 Å². The minimum Gasteiger partial charge on any atom is -0.497 e. The minimum atomic E-state index is -0.645. The van der Waals surface area contributed by atoms with E-state index < -0.39 is 11.3 Å². The largest absolute Gasteiger partial charge is 0.497 e. The number of amides is 2. The Morgan fingerprint density at radius 1 is 1.09 bits per heavy atom. The predicted molar refractivity (Wildman–Crippen MR) is 139 cm³/mol. The SMILES string of the molecule is CC[C@H](SC1=Nc2ccccc2C2=N[C@H](c3ccccc3)C(=O)N12)C(=O)Nc1cccc(OC)c1. The van der Waals surface area contributed by atoms with Crippen LogP contribution in [0.1, 0.15) is 30.5 Å². The van der Waals surface area contributed by atoms with E-state index >= 15 is 0 Å². The van der Waals surface area contributed by atoms with Gasteiger partial charge in [0, 0.05) is 17.3 Å². The lowest BCUT2D eigenvalue weighted by Crippen LogP contribution is -2.41. The van der Waals surface area contributed by atoms with Crippen molar-refractivity contribution >= 4 is 46.0 Å². The molecule has 0 bridgehead atoms. The standard InChI is InChI=1S/C27H24N4O3S/c1-3-22(25(32)28-18-12-9-13-19(16-18)34-2)35-27-29-21-15-8-7-14-20(21)24-30-23(26(33)31(24)27)17-10-5-4-6-11-17/h4-16,22-23H,3H2,1-2H3,(H,28,32)/t22-,23+/m0/s1. The number of para-hydroxylation sites is 1. The molecule has 0 unspecified atom stereocenters. The number of anilines is 1. The van der Waals surface area contributed by atoms with Crippen molar-refractivity contribution in [2.75, 3.05) is 12.4 Å². The summed E-state index contributed by atoms with van der Waals surface area (Å²) in [6.07, 6.45) is 0.553. The molecular formula is C27H24N4O3S. The average molecular weight is 485 g/mol. The Bertz CT molecular complexity index is 1340. The number of thioether (sulfide) groups is 1. The molecule has 0 aromatic heterocycles.